The fourth-order valence-electron chi connectivity index (χ4n) is 2.48. The molecule has 0 fully saturated rings. The van der Waals surface area contributed by atoms with Crippen LogP contribution in [0.4, 0.5) is 13.2 Å². The molecule has 132 valence electrons. The van der Waals surface area contributed by atoms with Crippen LogP contribution in [-0.2, 0) is 12.6 Å². The number of carbonyl (C=O) groups is 1. The number of halogens is 3. The van der Waals surface area contributed by atoms with Gasteiger partial charge in [-0.1, -0.05) is 35.0 Å². The van der Waals surface area contributed by atoms with E-state index in [0.717, 1.165) is 23.3 Å². The third kappa shape index (κ3) is 4.47. The minimum absolute atomic E-state index is 0.248. The smallest absolute Gasteiger partial charge is 0.264 e. The van der Waals surface area contributed by atoms with E-state index in [0.29, 0.717) is 12.0 Å². The van der Waals surface area contributed by atoms with Crippen LogP contribution in [0.15, 0.2) is 79.1 Å². The molecule has 3 rings (SSSR count). The van der Waals surface area contributed by atoms with Gasteiger partial charge < -0.3 is 0 Å². The Labute approximate surface area is 148 Å². The molecule has 1 aromatic heterocycles. The van der Waals surface area contributed by atoms with Crippen LogP contribution in [0.1, 0.15) is 27.0 Å². The van der Waals surface area contributed by atoms with E-state index in [9.17, 15) is 18.0 Å². The number of aromatic nitrogens is 1. The maximum Gasteiger partial charge on any atom is 0.416 e. The first-order chi connectivity index (χ1) is 12.4. The van der Waals surface area contributed by atoms with E-state index in [1.54, 1.807) is 53.5 Å². The minimum atomic E-state index is -4.33. The molecule has 0 bridgehead atoms. The molecule has 3 nitrogen and oxygen atoms in total. The summed E-state index contributed by atoms with van der Waals surface area (Å²) in [5.74, 6) is -0.248. The van der Waals surface area contributed by atoms with Crippen LogP contribution >= 0.6 is 0 Å². The lowest BCUT2D eigenvalue weighted by Gasteiger charge is -2.08. The highest BCUT2D eigenvalue weighted by Gasteiger charge is 2.29. The van der Waals surface area contributed by atoms with E-state index in [4.69, 9.17) is 0 Å². The Morgan fingerprint density at radius 2 is 1.38 bits per heavy atom. The maximum absolute atomic E-state index is 12.6. The van der Waals surface area contributed by atoms with Crippen molar-refractivity contribution in [1.82, 2.24) is 0 Å². The number of pyridine rings is 1. The van der Waals surface area contributed by atoms with Crippen molar-refractivity contribution in [3.63, 3.8) is 0 Å². The average Bonchev–Trinajstić information content (AvgIpc) is 2.63. The quantitative estimate of drug-likeness (QED) is 0.705. The Balaban J connectivity index is 1.65. The molecule has 0 aliphatic heterocycles. The van der Waals surface area contributed by atoms with Crippen molar-refractivity contribution in [3.8, 4) is 0 Å². The summed E-state index contributed by atoms with van der Waals surface area (Å²) in [5, 5.41) is 0. The third-order valence-electron chi connectivity index (χ3n) is 3.85. The first kappa shape index (κ1) is 17.7. The van der Waals surface area contributed by atoms with Gasteiger partial charge in [-0.15, -0.1) is 5.43 Å². The molecule has 1 heterocycles. The Morgan fingerprint density at radius 3 is 1.92 bits per heavy atom. The van der Waals surface area contributed by atoms with Gasteiger partial charge in [0.15, 0.2) is 12.4 Å². The van der Waals surface area contributed by atoms with Gasteiger partial charge in [0.25, 0.3) is 0 Å². The molecule has 0 aliphatic rings. The third-order valence-corrected chi connectivity index (χ3v) is 3.85. The lowest BCUT2D eigenvalue weighted by Crippen LogP contribution is -2.47. The SMILES string of the molecule is O=C(N[n+]1ccccc1)c1ccc(Cc2ccc(C(F)(F)F)cc2)cc1. The van der Waals surface area contributed by atoms with Crippen molar-refractivity contribution in [3.05, 3.63) is 101 Å². The molecular weight excluding hydrogens is 341 g/mol. The van der Waals surface area contributed by atoms with E-state index in [-0.39, 0.29) is 5.91 Å². The summed E-state index contributed by atoms with van der Waals surface area (Å²) in [6.07, 6.45) is -0.397. The molecular formula is C20H16F3N2O+. The van der Waals surface area contributed by atoms with Crippen molar-refractivity contribution >= 4 is 5.91 Å². The van der Waals surface area contributed by atoms with Gasteiger partial charge in [0, 0.05) is 17.7 Å². The van der Waals surface area contributed by atoms with Gasteiger partial charge in [-0.2, -0.15) is 13.2 Å². The number of alkyl halides is 3. The molecule has 1 N–H and O–H groups in total. The lowest BCUT2D eigenvalue weighted by molar-refractivity contribution is -0.641. The van der Waals surface area contributed by atoms with Crippen LogP contribution in [0, 0.1) is 0 Å². The van der Waals surface area contributed by atoms with Crippen LogP contribution in [-0.4, -0.2) is 5.91 Å². The molecule has 0 aliphatic carbocycles. The zero-order valence-corrected chi connectivity index (χ0v) is 13.7. The highest BCUT2D eigenvalue weighted by molar-refractivity contribution is 5.98. The fraction of sp³-hybridized carbons (Fsp3) is 0.100. The van der Waals surface area contributed by atoms with E-state index in [2.05, 4.69) is 5.43 Å². The Bertz CT molecular complexity index is 874. The first-order valence-electron chi connectivity index (χ1n) is 7.94. The number of hydrogen-bond acceptors (Lipinski definition) is 1. The predicted octanol–water partition coefficient (Wildman–Crippen LogP) is 3.97. The zero-order chi connectivity index (χ0) is 18.6. The number of nitrogens with one attached hydrogen (secondary N) is 1. The Morgan fingerprint density at radius 1 is 0.846 bits per heavy atom. The Hall–Kier alpha value is -3.15. The van der Waals surface area contributed by atoms with Crippen LogP contribution in [0.5, 0.6) is 0 Å². The molecule has 2 aromatic carbocycles. The highest BCUT2D eigenvalue weighted by Crippen LogP contribution is 2.29. The van der Waals surface area contributed by atoms with Crippen molar-refractivity contribution in [2.45, 2.75) is 12.6 Å². The fourth-order valence-corrected chi connectivity index (χ4v) is 2.48. The number of carbonyl (C=O) groups excluding carboxylic acids is 1. The van der Waals surface area contributed by atoms with Crippen molar-refractivity contribution in [2.24, 2.45) is 0 Å². The highest BCUT2D eigenvalue weighted by atomic mass is 19.4. The average molecular weight is 357 g/mol. The van der Waals surface area contributed by atoms with Crippen molar-refractivity contribution in [2.75, 3.05) is 5.43 Å². The van der Waals surface area contributed by atoms with Gasteiger partial charge in [0.05, 0.1) is 5.56 Å². The summed E-state index contributed by atoms with van der Waals surface area (Å²) < 4.78 is 39.3. The summed E-state index contributed by atoms with van der Waals surface area (Å²) in [7, 11) is 0. The molecule has 0 saturated heterocycles. The van der Waals surface area contributed by atoms with E-state index >= 15 is 0 Å². The zero-order valence-electron chi connectivity index (χ0n) is 13.7. The summed E-state index contributed by atoms with van der Waals surface area (Å²) in [4.78, 5) is 12.2. The van der Waals surface area contributed by atoms with E-state index < -0.39 is 11.7 Å². The topological polar surface area (TPSA) is 33.0 Å². The van der Waals surface area contributed by atoms with Crippen LogP contribution in [0.3, 0.4) is 0 Å². The summed E-state index contributed by atoms with van der Waals surface area (Å²) in [6.45, 7) is 0. The molecule has 0 saturated carbocycles. The molecule has 6 heteroatoms. The maximum atomic E-state index is 12.6. The second-order valence-corrected chi connectivity index (χ2v) is 5.79. The monoisotopic (exact) mass is 357 g/mol. The number of amides is 1. The standard InChI is InChI=1S/C20H15F3N2O/c21-20(22,23)18-10-6-16(7-11-18)14-15-4-8-17(9-5-15)19(26)24-25-12-2-1-3-13-25/h1-13H,14H2/p+1. The number of rotatable bonds is 4. The van der Waals surface area contributed by atoms with Crippen molar-refractivity contribution in [1.29, 1.82) is 0 Å². The summed E-state index contributed by atoms with van der Waals surface area (Å²) >= 11 is 0. The van der Waals surface area contributed by atoms with E-state index in [1.807, 2.05) is 6.07 Å². The minimum Gasteiger partial charge on any atom is -0.264 e. The van der Waals surface area contributed by atoms with Crippen LogP contribution in [0.2, 0.25) is 0 Å². The molecule has 0 atom stereocenters. The van der Waals surface area contributed by atoms with Crippen LogP contribution in [0.25, 0.3) is 0 Å². The van der Waals surface area contributed by atoms with Gasteiger partial charge in [-0.25, -0.2) is 0 Å². The molecule has 0 spiro atoms. The van der Waals surface area contributed by atoms with E-state index in [1.165, 1.54) is 12.1 Å². The van der Waals surface area contributed by atoms with Crippen molar-refractivity contribution < 1.29 is 22.6 Å². The Kier molecular flexibility index (Phi) is 5.02. The first-order valence-corrected chi connectivity index (χ1v) is 7.94. The normalized spacial score (nSPS) is 11.2. The second kappa shape index (κ2) is 7.39. The molecule has 0 radical (unpaired) electrons. The molecule has 1 amide bonds. The number of hydrogen-bond donors (Lipinski definition) is 1. The number of benzene rings is 2. The van der Waals surface area contributed by atoms with Gasteiger partial charge in [-0.3, -0.25) is 4.79 Å². The lowest BCUT2D eigenvalue weighted by atomic mass is 10.0. The molecule has 0 unspecified atom stereocenters. The van der Waals surface area contributed by atoms with Gasteiger partial charge >= 0.3 is 12.1 Å². The second-order valence-electron chi connectivity index (χ2n) is 5.79. The molecule has 26 heavy (non-hydrogen) atoms. The van der Waals surface area contributed by atoms with Crippen LogP contribution < -0.4 is 10.1 Å². The predicted molar refractivity (Wildman–Crippen MR) is 91.0 cm³/mol. The van der Waals surface area contributed by atoms with Gasteiger partial charge in [0.2, 0.25) is 0 Å². The number of nitrogens with zero attached hydrogens (tertiary/aromatic N) is 1. The largest absolute Gasteiger partial charge is 0.416 e. The molecule has 3 aromatic rings. The summed E-state index contributed by atoms with van der Waals surface area (Å²) in [6, 6.07) is 17.5. The van der Waals surface area contributed by atoms with Gasteiger partial charge in [-0.05, 0) is 41.8 Å². The van der Waals surface area contributed by atoms with Gasteiger partial charge in [0.1, 0.15) is 0 Å². The summed E-state index contributed by atoms with van der Waals surface area (Å²) in [5.41, 5.74) is 4.24.